The highest BCUT2D eigenvalue weighted by atomic mass is 35.5. The van der Waals surface area contributed by atoms with Gasteiger partial charge in [-0.25, -0.2) is 0 Å². The van der Waals surface area contributed by atoms with E-state index in [0.29, 0.717) is 15.6 Å². The third-order valence-electron chi connectivity index (χ3n) is 2.84. The van der Waals surface area contributed by atoms with Crippen LogP contribution in [0.1, 0.15) is 17.9 Å². The van der Waals surface area contributed by atoms with E-state index in [0.717, 1.165) is 5.56 Å². The number of halogens is 1. The molecule has 1 aromatic rings. The molecule has 0 aliphatic carbocycles. The number of amides is 1. The number of rotatable bonds is 2. The Hall–Kier alpha value is -1.44. The number of benzene rings is 1. The molecule has 0 unspecified atom stereocenters. The van der Waals surface area contributed by atoms with E-state index < -0.39 is 0 Å². The van der Waals surface area contributed by atoms with Crippen LogP contribution in [0.2, 0.25) is 5.02 Å². The molecule has 5 heteroatoms. The number of nitrogens with zero attached hydrogens (tertiary/aromatic N) is 1. The Labute approximate surface area is 115 Å². The predicted molar refractivity (Wildman–Crippen MR) is 73.1 cm³/mol. The zero-order valence-electron chi connectivity index (χ0n) is 9.74. The second-order valence-electron chi connectivity index (χ2n) is 3.89. The van der Waals surface area contributed by atoms with E-state index in [1.807, 2.05) is 24.5 Å². The zero-order valence-corrected chi connectivity index (χ0v) is 11.3. The largest absolute Gasteiger partial charge is 0.320 e. The van der Waals surface area contributed by atoms with Crippen LogP contribution in [0.4, 0.5) is 0 Å². The van der Waals surface area contributed by atoms with Crippen molar-refractivity contribution in [2.45, 2.75) is 12.3 Å². The average Bonchev–Trinajstić information content (AvgIpc) is 2.38. The SMILES string of the molecule is CSC1=C(C#N)[C@H](c2ccccc2Cl)CC(=O)N1. The van der Waals surface area contributed by atoms with Crippen LogP contribution < -0.4 is 5.32 Å². The Morgan fingerprint density at radius 2 is 2.22 bits per heavy atom. The number of nitrogens with one attached hydrogen (secondary N) is 1. The monoisotopic (exact) mass is 278 g/mol. The van der Waals surface area contributed by atoms with Crippen LogP contribution in [0, 0.1) is 11.3 Å². The van der Waals surface area contributed by atoms with Crippen LogP contribution in [0.25, 0.3) is 0 Å². The van der Waals surface area contributed by atoms with Gasteiger partial charge in [0.05, 0.1) is 16.7 Å². The summed E-state index contributed by atoms with van der Waals surface area (Å²) < 4.78 is 0. The molecule has 0 spiro atoms. The lowest BCUT2D eigenvalue weighted by Crippen LogP contribution is -2.30. The molecule has 1 amide bonds. The summed E-state index contributed by atoms with van der Waals surface area (Å²) in [5.74, 6) is -0.330. The van der Waals surface area contributed by atoms with Gasteiger partial charge >= 0.3 is 0 Å². The fourth-order valence-corrected chi connectivity index (χ4v) is 2.89. The van der Waals surface area contributed by atoms with E-state index in [1.54, 1.807) is 6.07 Å². The minimum Gasteiger partial charge on any atom is -0.320 e. The van der Waals surface area contributed by atoms with Crippen molar-refractivity contribution in [2.75, 3.05) is 6.26 Å². The molecule has 92 valence electrons. The molecule has 18 heavy (non-hydrogen) atoms. The fraction of sp³-hybridized carbons (Fsp3) is 0.231. The molecule has 1 aliphatic rings. The third-order valence-corrected chi connectivity index (χ3v) is 3.92. The summed E-state index contributed by atoms with van der Waals surface area (Å²) in [6.45, 7) is 0. The summed E-state index contributed by atoms with van der Waals surface area (Å²) >= 11 is 7.52. The standard InChI is InChI=1S/C13H11ClN2OS/c1-18-13-10(7-15)9(6-12(17)16-13)8-4-2-3-5-11(8)14/h2-5,9H,6H2,1H3,(H,16,17)/t9-/m0/s1. The molecule has 0 radical (unpaired) electrons. The van der Waals surface area contributed by atoms with Gasteiger partial charge in [0.1, 0.15) is 0 Å². The maximum absolute atomic E-state index is 11.7. The molecule has 1 aliphatic heterocycles. The molecule has 1 atom stereocenters. The Kier molecular flexibility index (Phi) is 3.95. The van der Waals surface area contributed by atoms with Gasteiger partial charge in [-0.2, -0.15) is 5.26 Å². The Bertz CT molecular complexity index is 562. The maximum Gasteiger partial charge on any atom is 0.225 e. The van der Waals surface area contributed by atoms with E-state index in [9.17, 15) is 10.1 Å². The molecule has 0 saturated carbocycles. The highest BCUT2D eigenvalue weighted by Crippen LogP contribution is 2.37. The van der Waals surface area contributed by atoms with Gasteiger partial charge in [-0.05, 0) is 17.9 Å². The van der Waals surface area contributed by atoms with Crippen LogP contribution in [0.5, 0.6) is 0 Å². The third kappa shape index (κ3) is 2.38. The molecule has 3 nitrogen and oxygen atoms in total. The van der Waals surface area contributed by atoms with E-state index in [-0.39, 0.29) is 18.2 Å². The summed E-state index contributed by atoms with van der Waals surface area (Å²) in [5, 5.41) is 13.2. The molecular formula is C13H11ClN2OS. The van der Waals surface area contributed by atoms with E-state index in [1.165, 1.54) is 11.8 Å². The van der Waals surface area contributed by atoms with Crippen molar-refractivity contribution in [3.8, 4) is 6.07 Å². The lowest BCUT2D eigenvalue weighted by atomic mass is 9.87. The quantitative estimate of drug-likeness (QED) is 0.905. The van der Waals surface area contributed by atoms with Crippen LogP contribution in [0.3, 0.4) is 0 Å². The van der Waals surface area contributed by atoms with Crippen molar-refractivity contribution in [1.82, 2.24) is 5.32 Å². The predicted octanol–water partition coefficient (Wildman–Crippen LogP) is 3.04. The number of thioether (sulfide) groups is 1. The van der Waals surface area contributed by atoms with Gasteiger partial charge in [0.25, 0.3) is 0 Å². The maximum atomic E-state index is 11.7. The van der Waals surface area contributed by atoms with Crippen molar-refractivity contribution < 1.29 is 4.79 Å². The molecule has 0 bridgehead atoms. The van der Waals surface area contributed by atoms with Crippen molar-refractivity contribution in [1.29, 1.82) is 5.26 Å². The van der Waals surface area contributed by atoms with Crippen molar-refractivity contribution >= 4 is 29.3 Å². The molecule has 2 rings (SSSR count). The number of carbonyl (C=O) groups is 1. The second-order valence-corrected chi connectivity index (χ2v) is 5.11. The zero-order chi connectivity index (χ0) is 13.1. The fourth-order valence-electron chi connectivity index (χ4n) is 2.00. The lowest BCUT2D eigenvalue weighted by molar-refractivity contribution is -0.120. The first-order chi connectivity index (χ1) is 8.67. The lowest BCUT2D eigenvalue weighted by Gasteiger charge is -2.25. The number of allylic oxidation sites excluding steroid dienone is 1. The first kappa shape index (κ1) is 13.0. The minimum absolute atomic E-state index is 0.0803. The van der Waals surface area contributed by atoms with Gasteiger partial charge in [0.15, 0.2) is 0 Å². The summed E-state index contributed by atoms with van der Waals surface area (Å²) in [6.07, 6.45) is 2.10. The topological polar surface area (TPSA) is 52.9 Å². The molecule has 0 saturated heterocycles. The van der Waals surface area contributed by atoms with Gasteiger partial charge in [0.2, 0.25) is 5.91 Å². The first-order valence-corrected chi connectivity index (χ1v) is 7.00. The van der Waals surface area contributed by atoms with Gasteiger partial charge in [0, 0.05) is 17.4 Å². The van der Waals surface area contributed by atoms with E-state index >= 15 is 0 Å². The van der Waals surface area contributed by atoms with Crippen molar-refractivity contribution in [3.05, 3.63) is 45.5 Å². The molecular weight excluding hydrogens is 268 g/mol. The number of nitriles is 1. The molecule has 1 heterocycles. The molecule has 0 fully saturated rings. The number of hydrogen-bond acceptors (Lipinski definition) is 3. The Morgan fingerprint density at radius 1 is 1.50 bits per heavy atom. The normalized spacial score (nSPS) is 19.4. The second kappa shape index (κ2) is 5.47. The van der Waals surface area contributed by atoms with Gasteiger partial charge in [-0.3, -0.25) is 4.79 Å². The summed E-state index contributed by atoms with van der Waals surface area (Å²) in [4.78, 5) is 11.7. The van der Waals surface area contributed by atoms with Gasteiger partial charge in [-0.15, -0.1) is 11.8 Å². The Morgan fingerprint density at radius 3 is 2.83 bits per heavy atom. The molecule has 1 N–H and O–H groups in total. The highest BCUT2D eigenvalue weighted by Gasteiger charge is 2.30. The minimum atomic E-state index is -0.250. The average molecular weight is 279 g/mol. The Balaban J connectivity index is 2.52. The van der Waals surface area contributed by atoms with Crippen LogP contribution in [-0.2, 0) is 4.79 Å². The van der Waals surface area contributed by atoms with Gasteiger partial charge < -0.3 is 5.32 Å². The highest BCUT2D eigenvalue weighted by molar-refractivity contribution is 8.02. The number of hydrogen-bond donors (Lipinski definition) is 1. The summed E-state index contributed by atoms with van der Waals surface area (Å²) in [6, 6.07) is 9.52. The first-order valence-electron chi connectivity index (χ1n) is 5.40. The van der Waals surface area contributed by atoms with Crippen molar-refractivity contribution in [2.24, 2.45) is 0 Å². The molecule has 0 aromatic heterocycles. The van der Waals surface area contributed by atoms with Crippen LogP contribution in [-0.4, -0.2) is 12.2 Å². The van der Waals surface area contributed by atoms with E-state index in [4.69, 9.17) is 11.6 Å². The molecule has 1 aromatic carbocycles. The number of carbonyl (C=O) groups excluding carboxylic acids is 1. The van der Waals surface area contributed by atoms with E-state index in [2.05, 4.69) is 11.4 Å². The van der Waals surface area contributed by atoms with Crippen LogP contribution in [0.15, 0.2) is 34.9 Å². The van der Waals surface area contributed by atoms with Crippen LogP contribution >= 0.6 is 23.4 Å². The van der Waals surface area contributed by atoms with Gasteiger partial charge in [-0.1, -0.05) is 29.8 Å². The van der Waals surface area contributed by atoms with Crippen molar-refractivity contribution in [3.63, 3.8) is 0 Å². The smallest absolute Gasteiger partial charge is 0.225 e. The summed E-state index contributed by atoms with van der Waals surface area (Å²) in [5.41, 5.74) is 1.41. The summed E-state index contributed by atoms with van der Waals surface area (Å²) in [7, 11) is 0.